The first-order valence-electron chi connectivity index (χ1n) is 8.53. The van der Waals surface area contributed by atoms with Crippen molar-refractivity contribution in [2.24, 2.45) is 5.92 Å². The predicted molar refractivity (Wildman–Crippen MR) is 98.5 cm³/mol. The number of hydrogen-bond donors (Lipinski definition) is 0. The van der Waals surface area contributed by atoms with E-state index in [4.69, 9.17) is 0 Å². The molecule has 1 aliphatic heterocycles. The summed E-state index contributed by atoms with van der Waals surface area (Å²) in [7, 11) is 0. The summed E-state index contributed by atoms with van der Waals surface area (Å²) in [4.78, 5) is 27.2. The summed E-state index contributed by atoms with van der Waals surface area (Å²) in [5.74, 6) is -0.289. The van der Waals surface area contributed by atoms with E-state index in [2.05, 4.69) is 24.3 Å². The molecule has 3 heteroatoms. The fourth-order valence-electron chi connectivity index (χ4n) is 3.68. The van der Waals surface area contributed by atoms with E-state index >= 15 is 0 Å². The lowest BCUT2D eigenvalue weighted by atomic mass is 9.92. The molecule has 3 aromatic carbocycles. The maximum atomic E-state index is 12.9. The van der Waals surface area contributed by atoms with E-state index in [1.165, 1.54) is 4.90 Å². The van der Waals surface area contributed by atoms with Gasteiger partial charge in [0.15, 0.2) is 0 Å². The first-order valence-corrected chi connectivity index (χ1v) is 8.53. The highest BCUT2D eigenvalue weighted by Gasteiger charge is 2.41. The number of carbonyl (C=O) groups excluding carboxylic acids is 2. The number of benzene rings is 3. The number of fused-ring (bicyclic) bond motifs is 2. The average Bonchev–Trinajstić information content (AvgIpc) is 2.87. The maximum absolute atomic E-state index is 12.9. The minimum Gasteiger partial charge on any atom is -0.269 e. The zero-order chi connectivity index (χ0) is 17.6. The van der Waals surface area contributed by atoms with Crippen LogP contribution in [0, 0.1) is 5.92 Å². The third kappa shape index (κ3) is 2.43. The second-order valence-corrected chi connectivity index (χ2v) is 6.82. The smallest absolute Gasteiger partial charge is 0.262 e. The number of amides is 2. The van der Waals surface area contributed by atoms with Crippen molar-refractivity contribution < 1.29 is 9.59 Å². The third-order valence-corrected chi connectivity index (χ3v) is 4.85. The van der Waals surface area contributed by atoms with Crippen LogP contribution in [-0.2, 0) is 0 Å². The molecule has 2 amide bonds. The molecule has 0 saturated heterocycles. The summed E-state index contributed by atoms with van der Waals surface area (Å²) < 4.78 is 0. The topological polar surface area (TPSA) is 37.4 Å². The molecule has 0 spiro atoms. The van der Waals surface area contributed by atoms with Gasteiger partial charge >= 0.3 is 0 Å². The molecule has 25 heavy (non-hydrogen) atoms. The Bertz CT molecular complexity index is 955. The van der Waals surface area contributed by atoms with E-state index in [9.17, 15) is 9.59 Å². The second kappa shape index (κ2) is 5.85. The van der Waals surface area contributed by atoms with Gasteiger partial charge in [0.05, 0.1) is 17.2 Å². The average molecular weight is 329 g/mol. The van der Waals surface area contributed by atoms with Crippen molar-refractivity contribution >= 4 is 22.6 Å². The summed E-state index contributed by atoms with van der Waals surface area (Å²) in [6, 6.07) is 21.1. The van der Waals surface area contributed by atoms with Crippen LogP contribution in [0.25, 0.3) is 10.8 Å². The van der Waals surface area contributed by atoms with Gasteiger partial charge in [-0.3, -0.25) is 14.5 Å². The second-order valence-electron chi connectivity index (χ2n) is 6.82. The Morgan fingerprint density at radius 2 is 1.28 bits per heavy atom. The van der Waals surface area contributed by atoms with Gasteiger partial charge in [0.1, 0.15) is 0 Å². The highest BCUT2D eigenvalue weighted by Crippen LogP contribution is 2.36. The molecule has 0 saturated carbocycles. The van der Waals surface area contributed by atoms with Crippen LogP contribution in [0.1, 0.15) is 46.2 Å². The molecule has 3 aromatic rings. The number of nitrogens with zero attached hydrogens (tertiary/aromatic N) is 1. The lowest BCUT2D eigenvalue weighted by Crippen LogP contribution is -2.36. The monoisotopic (exact) mass is 329 g/mol. The molecule has 0 fully saturated rings. The van der Waals surface area contributed by atoms with E-state index in [1.807, 2.05) is 32.0 Å². The van der Waals surface area contributed by atoms with Crippen molar-refractivity contribution in [2.45, 2.75) is 19.9 Å². The van der Waals surface area contributed by atoms with Gasteiger partial charge in [-0.25, -0.2) is 0 Å². The molecule has 4 rings (SSSR count). The van der Waals surface area contributed by atoms with Gasteiger partial charge in [0.25, 0.3) is 11.8 Å². The Balaban J connectivity index is 1.82. The summed E-state index contributed by atoms with van der Waals surface area (Å²) in [6.45, 7) is 4.09. The van der Waals surface area contributed by atoms with Crippen LogP contribution in [0.15, 0.2) is 66.7 Å². The molecule has 1 heterocycles. The minimum atomic E-state index is -0.281. The summed E-state index contributed by atoms with van der Waals surface area (Å²) in [5.41, 5.74) is 1.99. The third-order valence-electron chi connectivity index (χ3n) is 4.85. The molecular formula is C22H19NO2. The van der Waals surface area contributed by atoms with Crippen LogP contribution >= 0.6 is 0 Å². The summed E-state index contributed by atoms with van der Waals surface area (Å²) in [5, 5.41) is 2.26. The number of carbonyl (C=O) groups is 2. The molecule has 1 atom stereocenters. The summed E-state index contributed by atoms with van der Waals surface area (Å²) in [6.07, 6.45) is 0. The Morgan fingerprint density at radius 1 is 0.720 bits per heavy atom. The van der Waals surface area contributed by atoms with Gasteiger partial charge in [-0.1, -0.05) is 62.4 Å². The quantitative estimate of drug-likeness (QED) is 0.645. The minimum absolute atomic E-state index is 0.114. The van der Waals surface area contributed by atoms with E-state index in [0.717, 1.165) is 16.3 Å². The van der Waals surface area contributed by atoms with Crippen LogP contribution in [0.2, 0.25) is 0 Å². The molecule has 0 radical (unpaired) electrons. The van der Waals surface area contributed by atoms with Crippen LogP contribution in [-0.4, -0.2) is 16.7 Å². The molecule has 1 unspecified atom stereocenters. The van der Waals surface area contributed by atoms with Crippen molar-refractivity contribution in [1.29, 1.82) is 0 Å². The van der Waals surface area contributed by atoms with E-state index in [-0.39, 0.29) is 23.8 Å². The lowest BCUT2D eigenvalue weighted by molar-refractivity contribution is 0.0538. The van der Waals surface area contributed by atoms with Crippen molar-refractivity contribution in [1.82, 2.24) is 4.90 Å². The fraction of sp³-hybridized carbons (Fsp3) is 0.182. The molecule has 1 aliphatic rings. The predicted octanol–water partition coefficient (Wildman–Crippen LogP) is 4.83. The van der Waals surface area contributed by atoms with Crippen LogP contribution in [0.3, 0.4) is 0 Å². The van der Waals surface area contributed by atoms with Crippen LogP contribution < -0.4 is 0 Å². The summed E-state index contributed by atoms with van der Waals surface area (Å²) >= 11 is 0. The highest BCUT2D eigenvalue weighted by atomic mass is 16.2. The fourth-order valence-corrected chi connectivity index (χ4v) is 3.68. The Labute approximate surface area is 146 Å². The molecule has 0 N–H and O–H groups in total. The molecule has 124 valence electrons. The first-order chi connectivity index (χ1) is 12.1. The normalized spacial score (nSPS) is 15.1. The molecule has 0 aliphatic carbocycles. The molecule has 0 bridgehead atoms. The Morgan fingerprint density at radius 3 is 1.88 bits per heavy atom. The standard InChI is InChI=1S/C22H19NO2/c1-14(2)20(17-12-11-15-7-3-4-8-16(15)13-17)23-21(24)18-9-5-6-10-19(18)22(23)25/h3-14,20H,1-2H3. The van der Waals surface area contributed by atoms with Gasteiger partial charge in [-0.2, -0.15) is 0 Å². The van der Waals surface area contributed by atoms with Gasteiger partial charge in [-0.15, -0.1) is 0 Å². The SMILES string of the molecule is CC(C)C(c1ccc2ccccc2c1)N1C(=O)c2ccccc2C1=O. The first kappa shape index (κ1) is 15.6. The molecule has 0 aromatic heterocycles. The van der Waals surface area contributed by atoms with Gasteiger partial charge in [0.2, 0.25) is 0 Å². The van der Waals surface area contributed by atoms with Crippen molar-refractivity contribution in [3.8, 4) is 0 Å². The number of hydrogen-bond acceptors (Lipinski definition) is 2. The highest BCUT2D eigenvalue weighted by molar-refractivity contribution is 6.21. The lowest BCUT2D eigenvalue weighted by Gasteiger charge is -2.30. The van der Waals surface area contributed by atoms with E-state index in [0.29, 0.717) is 11.1 Å². The van der Waals surface area contributed by atoms with Crippen molar-refractivity contribution in [3.05, 3.63) is 83.4 Å². The maximum Gasteiger partial charge on any atom is 0.262 e. The van der Waals surface area contributed by atoms with Gasteiger partial charge in [0, 0.05) is 0 Å². The van der Waals surface area contributed by atoms with E-state index < -0.39 is 0 Å². The number of imide groups is 1. The number of rotatable bonds is 3. The Kier molecular flexibility index (Phi) is 3.65. The molecule has 3 nitrogen and oxygen atoms in total. The van der Waals surface area contributed by atoms with Crippen LogP contribution in [0.5, 0.6) is 0 Å². The zero-order valence-electron chi connectivity index (χ0n) is 14.3. The zero-order valence-corrected chi connectivity index (χ0v) is 14.3. The van der Waals surface area contributed by atoms with Crippen molar-refractivity contribution in [3.63, 3.8) is 0 Å². The van der Waals surface area contributed by atoms with Gasteiger partial charge < -0.3 is 0 Å². The Hall–Kier alpha value is -2.94. The van der Waals surface area contributed by atoms with Crippen molar-refractivity contribution in [2.75, 3.05) is 0 Å². The van der Waals surface area contributed by atoms with Gasteiger partial charge in [-0.05, 0) is 40.5 Å². The molecular weight excluding hydrogens is 310 g/mol. The van der Waals surface area contributed by atoms with Crippen LogP contribution in [0.4, 0.5) is 0 Å². The largest absolute Gasteiger partial charge is 0.269 e. The van der Waals surface area contributed by atoms with E-state index in [1.54, 1.807) is 24.3 Å².